The lowest BCUT2D eigenvalue weighted by atomic mass is 9.95. The summed E-state index contributed by atoms with van der Waals surface area (Å²) < 4.78 is 67.8. The molecule has 2 aromatic rings. The zero-order valence-corrected chi connectivity index (χ0v) is 17.2. The van der Waals surface area contributed by atoms with Crippen molar-refractivity contribution in [1.29, 1.82) is 0 Å². The molecule has 1 aromatic heterocycles. The predicted octanol–water partition coefficient (Wildman–Crippen LogP) is 3.76. The third-order valence-electron chi connectivity index (χ3n) is 5.42. The van der Waals surface area contributed by atoms with Crippen molar-refractivity contribution >= 4 is 15.9 Å². The number of halogens is 3. The summed E-state index contributed by atoms with van der Waals surface area (Å²) >= 11 is 0. The molecule has 10 heteroatoms. The third kappa shape index (κ3) is 5.50. The van der Waals surface area contributed by atoms with Crippen molar-refractivity contribution in [3.63, 3.8) is 0 Å². The number of aromatic nitrogens is 1. The van der Waals surface area contributed by atoms with Crippen LogP contribution in [0.1, 0.15) is 29.9 Å². The third-order valence-corrected chi connectivity index (χ3v) is 6.29. The fourth-order valence-corrected chi connectivity index (χ4v) is 3.44. The lowest BCUT2D eigenvalue weighted by Crippen LogP contribution is -2.39. The van der Waals surface area contributed by atoms with Crippen LogP contribution >= 0.6 is 0 Å². The first-order valence-electron chi connectivity index (χ1n) is 9.52. The second-order valence-corrected chi connectivity index (χ2v) is 9.17. The van der Waals surface area contributed by atoms with E-state index in [1.807, 2.05) is 13.0 Å². The first-order chi connectivity index (χ1) is 14.0. The van der Waals surface area contributed by atoms with E-state index in [2.05, 4.69) is 15.6 Å². The van der Waals surface area contributed by atoms with Crippen LogP contribution in [0.4, 0.5) is 19.0 Å². The highest BCUT2D eigenvalue weighted by atomic mass is 32.2. The Balaban J connectivity index is 0.000000199. The van der Waals surface area contributed by atoms with Crippen molar-refractivity contribution in [2.45, 2.75) is 36.8 Å². The first-order valence-corrected chi connectivity index (χ1v) is 11.0. The van der Waals surface area contributed by atoms with Crippen LogP contribution in [-0.2, 0) is 10.1 Å². The number of benzene rings is 1. The molecule has 0 spiro atoms. The van der Waals surface area contributed by atoms with E-state index in [1.165, 1.54) is 12.1 Å². The van der Waals surface area contributed by atoms with E-state index in [1.54, 1.807) is 24.4 Å². The summed E-state index contributed by atoms with van der Waals surface area (Å²) in [5.41, 5.74) is 0.573. The number of alkyl halides is 3. The van der Waals surface area contributed by atoms with Gasteiger partial charge in [0.2, 0.25) is 0 Å². The second kappa shape index (κ2) is 8.52. The summed E-state index contributed by atoms with van der Waals surface area (Å²) in [4.78, 5) is 4.12. The molecule has 0 bridgehead atoms. The van der Waals surface area contributed by atoms with Gasteiger partial charge in [-0.25, -0.2) is 4.98 Å². The van der Waals surface area contributed by atoms with E-state index in [4.69, 9.17) is 4.55 Å². The van der Waals surface area contributed by atoms with Crippen molar-refractivity contribution in [2.75, 3.05) is 25.0 Å². The van der Waals surface area contributed by atoms with E-state index in [0.29, 0.717) is 11.7 Å². The topological polar surface area (TPSA) is 91.3 Å². The summed E-state index contributed by atoms with van der Waals surface area (Å²) in [6.07, 6.45) is -1.93. The number of pyridine rings is 1. The van der Waals surface area contributed by atoms with Crippen LogP contribution < -0.4 is 10.6 Å². The maximum absolute atomic E-state index is 12.8. The lowest BCUT2D eigenvalue weighted by Gasteiger charge is -2.27. The molecule has 3 N–H and O–H groups in total. The van der Waals surface area contributed by atoms with Crippen LogP contribution in [0.5, 0.6) is 0 Å². The molecule has 2 aliphatic rings. The molecule has 1 saturated carbocycles. The maximum Gasteiger partial charge on any atom is 0.396 e. The van der Waals surface area contributed by atoms with Crippen molar-refractivity contribution in [3.05, 3.63) is 53.7 Å². The fourth-order valence-electron chi connectivity index (χ4n) is 2.96. The minimum absolute atomic E-state index is 0.0666. The minimum atomic E-state index is -4.11. The Morgan fingerprint density at radius 3 is 2.20 bits per heavy atom. The highest BCUT2D eigenvalue weighted by Gasteiger charge is 2.62. The van der Waals surface area contributed by atoms with Crippen molar-refractivity contribution in [2.24, 2.45) is 5.41 Å². The van der Waals surface area contributed by atoms with Gasteiger partial charge in [0, 0.05) is 31.7 Å². The average molecular weight is 443 g/mol. The predicted molar refractivity (Wildman–Crippen MR) is 107 cm³/mol. The molecule has 1 aliphatic carbocycles. The van der Waals surface area contributed by atoms with Gasteiger partial charge in [0.25, 0.3) is 10.1 Å². The molecule has 0 atom stereocenters. The second-order valence-electron chi connectivity index (χ2n) is 7.75. The van der Waals surface area contributed by atoms with E-state index in [-0.39, 0.29) is 24.3 Å². The average Bonchev–Trinajstić information content (AvgIpc) is 3.41. The van der Waals surface area contributed by atoms with Gasteiger partial charge >= 0.3 is 6.18 Å². The Morgan fingerprint density at radius 2 is 1.80 bits per heavy atom. The molecule has 0 radical (unpaired) electrons. The number of rotatable bonds is 5. The molecule has 0 amide bonds. The standard InChI is InChI=1S/C13H16F3N3.C7H8O3S/c14-13(15,16)12(3-4-12)8-19-11-2-1-9(7-18-11)10-5-17-6-10;1-6-2-4-7(5-3-6)11(8,9)10/h1-2,7,10,17H,3-6,8H2,(H,18,19);2-5H,1H3,(H,8,9,10). The molecular formula is C20H24F3N3O3S. The summed E-state index contributed by atoms with van der Waals surface area (Å²) in [6, 6.07) is 9.69. The van der Waals surface area contributed by atoms with Crippen molar-refractivity contribution in [1.82, 2.24) is 10.3 Å². The molecule has 1 aromatic carbocycles. The van der Waals surface area contributed by atoms with Crippen molar-refractivity contribution < 1.29 is 26.1 Å². The largest absolute Gasteiger partial charge is 0.396 e. The SMILES string of the molecule is Cc1ccc(S(=O)(=O)O)cc1.FC(F)(F)C1(CNc2ccc(C3CNC3)cn2)CC1. The molecule has 2 fully saturated rings. The number of hydrogen-bond acceptors (Lipinski definition) is 5. The van der Waals surface area contributed by atoms with Gasteiger partial charge in [-0.3, -0.25) is 4.55 Å². The molecule has 2 heterocycles. The Labute approximate surface area is 173 Å². The maximum atomic E-state index is 12.8. The van der Waals surface area contributed by atoms with E-state index in [0.717, 1.165) is 24.2 Å². The Hall–Kier alpha value is -2.17. The molecule has 30 heavy (non-hydrogen) atoms. The van der Waals surface area contributed by atoms with Gasteiger partial charge in [-0.15, -0.1) is 0 Å². The van der Waals surface area contributed by atoms with Crippen LogP contribution in [0.15, 0.2) is 47.5 Å². The normalized spacial score (nSPS) is 18.0. The molecule has 1 saturated heterocycles. The van der Waals surface area contributed by atoms with E-state index < -0.39 is 21.7 Å². The number of nitrogens with one attached hydrogen (secondary N) is 2. The molecule has 0 unspecified atom stereocenters. The first kappa shape index (κ1) is 22.5. The Bertz CT molecular complexity index is 954. The molecule has 164 valence electrons. The zero-order chi connectivity index (χ0) is 22.0. The van der Waals surface area contributed by atoms with Gasteiger partial charge in [-0.2, -0.15) is 21.6 Å². The van der Waals surface area contributed by atoms with Gasteiger partial charge in [-0.05, 0) is 43.5 Å². The number of aryl methyl sites for hydroxylation is 1. The van der Waals surface area contributed by atoms with Gasteiger partial charge in [0.15, 0.2) is 0 Å². The molecule has 4 rings (SSSR count). The van der Waals surface area contributed by atoms with Crippen LogP contribution in [0.2, 0.25) is 0 Å². The minimum Gasteiger partial charge on any atom is -0.369 e. The van der Waals surface area contributed by atoms with Crippen LogP contribution in [-0.4, -0.2) is 43.8 Å². The fraction of sp³-hybridized carbons (Fsp3) is 0.450. The lowest BCUT2D eigenvalue weighted by molar-refractivity contribution is -0.182. The molecule has 6 nitrogen and oxygen atoms in total. The summed E-state index contributed by atoms with van der Waals surface area (Å²) in [5.74, 6) is 1.01. The number of hydrogen-bond donors (Lipinski definition) is 3. The highest BCUT2D eigenvalue weighted by Crippen LogP contribution is 2.57. The van der Waals surface area contributed by atoms with E-state index in [9.17, 15) is 21.6 Å². The highest BCUT2D eigenvalue weighted by molar-refractivity contribution is 7.85. The van der Waals surface area contributed by atoms with Gasteiger partial charge in [0.1, 0.15) is 5.82 Å². The molecule has 1 aliphatic heterocycles. The number of nitrogens with zero attached hydrogens (tertiary/aromatic N) is 1. The summed E-state index contributed by atoms with van der Waals surface area (Å²) in [7, 11) is -4.02. The Morgan fingerprint density at radius 1 is 1.17 bits per heavy atom. The quantitative estimate of drug-likeness (QED) is 0.610. The smallest absolute Gasteiger partial charge is 0.369 e. The summed E-state index contributed by atoms with van der Waals surface area (Å²) in [5, 5.41) is 5.99. The van der Waals surface area contributed by atoms with Gasteiger partial charge in [-0.1, -0.05) is 23.8 Å². The van der Waals surface area contributed by atoms with E-state index >= 15 is 0 Å². The summed E-state index contributed by atoms with van der Waals surface area (Å²) in [6.45, 7) is 3.67. The molecular weight excluding hydrogens is 419 g/mol. The van der Waals surface area contributed by atoms with Crippen molar-refractivity contribution in [3.8, 4) is 0 Å². The van der Waals surface area contributed by atoms with Crippen LogP contribution in [0.3, 0.4) is 0 Å². The van der Waals surface area contributed by atoms with Crippen LogP contribution in [0.25, 0.3) is 0 Å². The van der Waals surface area contributed by atoms with Crippen LogP contribution in [0, 0.1) is 12.3 Å². The number of anilines is 1. The Kier molecular flexibility index (Phi) is 6.40. The van der Waals surface area contributed by atoms with Gasteiger partial charge < -0.3 is 10.6 Å². The zero-order valence-electron chi connectivity index (χ0n) is 16.4. The van der Waals surface area contributed by atoms with Gasteiger partial charge in [0.05, 0.1) is 10.3 Å². The monoisotopic (exact) mass is 443 g/mol.